The Bertz CT molecular complexity index is 607. The minimum atomic E-state index is -0.337. The molecule has 138 valence electrons. The number of carbonyl (C=O) groups excluding carboxylic acids is 2. The Morgan fingerprint density at radius 3 is 2.36 bits per heavy atom. The average Bonchev–Trinajstić information content (AvgIpc) is 2.88. The van der Waals surface area contributed by atoms with E-state index in [1.165, 1.54) is 17.7 Å². The van der Waals surface area contributed by atoms with E-state index in [4.69, 9.17) is 0 Å². The molecule has 2 heterocycles. The minimum Gasteiger partial charge on any atom is -0.347 e. The molecular weight excluding hydrogens is 318 g/mol. The van der Waals surface area contributed by atoms with Gasteiger partial charge in [0.15, 0.2) is 0 Å². The van der Waals surface area contributed by atoms with Crippen LogP contribution in [0.25, 0.3) is 0 Å². The Balaban J connectivity index is 2.21. The molecule has 7 nitrogen and oxygen atoms in total. The second kappa shape index (κ2) is 8.78. The Labute approximate surface area is 149 Å². The van der Waals surface area contributed by atoms with E-state index in [-0.39, 0.29) is 24.3 Å². The molecule has 0 spiro atoms. The van der Waals surface area contributed by atoms with Gasteiger partial charge in [-0.1, -0.05) is 26.7 Å². The topological polar surface area (TPSA) is 78.4 Å². The van der Waals surface area contributed by atoms with Crippen molar-refractivity contribution in [2.24, 2.45) is 0 Å². The smallest absolute Gasteiger partial charge is 0.270 e. The quantitative estimate of drug-likeness (QED) is 0.879. The predicted molar refractivity (Wildman–Crippen MR) is 97.8 cm³/mol. The molecule has 0 aliphatic carbocycles. The first-order valence-electron chi connectivity index (χ1n) is 9.00. The molecule has 0 saturated carbocycles. The normalized spacial score (nSPS) is 15.0. The first-order chi connectivity index (χ1) is 11.9. The van der Waals surface area contributed by atoms with Crippen LogP contribution >= 0.6 is 0 Å². The van der Waals surface area contributed by atoms with Crippen molar-refractivity contribution in [1.29, 1.82) is 0 Å². The Hall–Kier alpha value is -2.18. The lowest BCUT2D eigenvalue weighted by Crippen LogP contribution is -2.37. The highest BCUT2D eigenvalue weighted by Gasteiger charge is 2.19. The van der Waals surface area contributed by atoms with Crippen molar-refractivity contribution in [3.05, 3.63) is 17.5 Å². The fraction of sp³-hybridized carbons (Fsp3) is 0.667. The van der Waals surface area contributed by atoms with Crippen molar-refractivity contribution in [2.75, 3.05) is 38.6 Å². The van der Waals surface area contributed by atoms with E-state index in [1.807, 2.05) is 13.8 Å². The number of hydrogen-bond acceptors (Lipinski definition) is 5. The number of likely N-dealkylation sites (N-methyl/N-ethyl adjacent to an activating group) is 1. The Morgan fingerprint density at radius 2 is 1.80 bits per heavy atom. The molecule has 0 unspecified atom stereocenters. The molecule has 1 saturated heterocycles. The molecule has 0 radical (unpaired) electrons. The van der Waals surface area contributed by atoms with Gasteiger partial charge in [-0.15, -0.1) is 0 Å². The zero-order valence-electron chi connectivity index (χ0n) is 15.7. The zero-order valence-corrected chi connectivity index (χ0v) is 15.7. The summed E-state index contributed by atoms with van der Waals surface area (Å²) in [6.07, 6.45) is 4.68. The van der Waals surface area contributed by atoms with Crippen LogP contribution in [0.2, 0.25) is 0 Å². The monoisotopic (exact) mass is 347 g/mol. The summed E-state index contributed by atoms with van der Waals surface area (Å²) in [5, 5.41) is 2.65. The Morgan fingerprint density at radius 1 is 1.16 bits per heavy atom. The van der Waals surface area contributed by atoms with Crippen LogP contribution in [0, 0.1) is 0 Å². The lowest BCUT2D eigenvalue weighted by atomic mass is 10.1. The SMILES string of the molecule is CC(C)c1cc(C(=O)NCC(=O)N(C)C)nc(N2CCCCCC2)n1. The van der Waals surface area contributed by atoms with Gasteiger partial charge in [-0.25, -0.2) is 9.97 Å². The summed E-state index contributed by atoms with van der Waals surface area (Å²) in [7, 11) is 3.32. The molecule has 1 N–H and O–H groups in total. The van der Waals surface area contributed by atoms with E-state index in [1.54, 1.807) is 20.2 Å². The zero-order chi connectivity index (χ0) is 18.4. The van der Waals surface area contributed by atoms with E-state index < -0.39 is 0 Å². The van der Waals surface area contributed by atoms with Gasteiger partial charge in [0.05, 0.1) is 6.54 Å². The summed E-state index contributed by atoms with van der Waals surface area (Å²) in [6.45, 7) is 5.90. The third-order valence-electron chi connectivity index (χ3n) is 4.35. The number of amides is 2. The van der Waals surface area contributed by atoms with E-state index in [0.717, 1.165) is 31.6 Å². The summed E-state index contributed by atoms with van der Waals surface area (Å²) in [5.74, 6) is 0.329. The second-order valence-electron chi connectivity index (χ2n) is 7.00. The van der Waals surface area contributed by atoms with E-state index >= 15 is 0 Å². The maximum atomic E-state index is 12.5. The van der Waals surface area contributed by atoms with Crippen molar-refractivity contribution in [3.8, 4) is 0 Å². The van der Waals surface area contributed by atoms with Gasteiger partial charge in [0.2, 0.25) is 11.9 Å². The Kier molecular flexibility index (Phi) is 6.73. The molecule has 2 amide bonds. The highest BCUT2D eigenvalue weighted by Crippen LogP contribution is 2.20. The molecule has 1 aromatic rings. The molecule has 0 aromatic carbocycles. The molecule has 0 bridgehead atoms. The average molecular weight is 347 g/mol. The van der Waals surface area contributed by atoms with Crippen LogP contribution in [0.15, 0.2) is 6.07 Å². The van der Waals surface area contributed by atoms with Crippen LogP contribution in [0.3, 0.4) is 0 Å². The largest absolute Gasteiger partial charge is 0.347 e. The van der Waals surface area contributed by atoms with Gasteiger partial charge in [0.25, 0.3) is 5.91 Å². The van der Waals surface area contributed by atoms with E-state index in [2.05, 4.69) is 20.2 Å². The number of nitrogens with one attached hydrogen (secondary N) is 1. The van der Waals surface area contributed by atoms with Crippen molar-refractivity contribution < 1.29 is 9.59 Å². The van der Waals surface area contributed by atoms with Crippen LogP contribution in [-0.4, -0.2) is 60.4 Å². The van der Waals surface area contributed by atoms with Gasteiger partial charge >= 0.3 is 0 Å². The number of hydrogen-bond donors (Lipinski definition) is 1. The van der Waals surface area contributed by atoms with Crippen LogP contribution in [-0.2, 0) is 4.79 Å². The van der Waals surface area contributed by atoms with Crippen LogP contribution in [0.5, 0.6) is 0 Å². The van der Waals surface area contributed by atoms with Gasteiger partial charge < -0.3 is 15.1 Å². The summed E-state index contributed by atoms with van der Waals surface area (Å²) < 4.78 is 0. The highest BCUT2D eigenvalue weighted by atomic mass is 16.2. The summed E-state index contributed by atoms with van der Waals surface area (Å²) >= 11 is 0. The number of anilines is 1. The van der Waals surface area contributed by atoms with E-state index in [9.17, 15) is 9.59 Å². The van der Waals surface area contributed by atoms with Crippen LogP contribution in [0.1, 0.15) is 61.6 Å². The predicted octanol–water partition coefficient (Wildman–Crippen LogP) is 1.80. The van der Waals surface area contributed by atoms with Gasteiger partial charge in [-0.3, -0.25) is 9.59 Å². The number of aromatic nitrogens is 2. The van der Waals surface area contributed by atoms with Crippen molar-refractivity contribution >= 4 is 17.8 Å². The molecule has 0 atom stereocenters. The summed E-state index contributed by atoms with van der Waals surface area (Å²) in [4.78, 5) is 36.9. The van der Waals surface area contributed by atoms with Gasteiger partial charge in [0, 0.05) is 32.9 Å². The van der Waals surface area contributed by atoms with E-state index in [0.29, 0.717) is 11.6 Å². The van der Waals surface area contributed by atoms with Crippen molar-refractivity contribution in [2.45, 2.75) is 45.4 Å². The van der Waals surface area contributed by atoms with Gasteiger partial charge in [0.1, 0.15) is 5.69 Å². The standard InChI is InChI=1S/C18H29N5O2/c1-13(2)14-11-15(17(25)19-12-16(24)22(3)4)21-18(20-14)23-9-7-5-6-8-10-23/h11,13H,5-10,12H2,1-4H3,(H,19,25). The molecule has 2 rings (SSSR count). The molecule has 1 aliphatic heterocycles. The first kappa shape index (κ1) is 19.1. The van der Waals surface area contributed by atoms with Crippen molar-refractivity contribution in [1.82, 2.24) is 20.2 Å². The summed E-state index contributed by atoms with van der Waals surface area (Å²) in [5.41, 5.74) is 1.17. The molecule has 1 fully saturated rings. The second-order valence-corrected chi connectivity index (χ2v) is 7.00. The molecule has 1 aromatic heterocycles. The number of nitrogens with zero attached hydrogens (tertiary/aromatic N) is 4. The molecule has 25 heavy (non-hydrogen) atoms. The number of rotatable bonds is 5. The lowest BCUT2D eigenvalue weighted by molar-refractivity contribution is -0.127. The third kappa shape index (κ3) is 5.41. The fourth-order valence-electron chi connectivity index (χ4n) is 2.68. The van der Waals surface area contributed by atoms with Gasteiger partial charge in [-0.05, 0) is 24.8 Å². The molecule has 7 heteroatoms. The van der Waals surface area contributed by atoms with Crippen molar-refractivity contribution in [3.63, 3.8) is 0 Å². The fourth-order valence-corrected chi connectivity index (χ4v) is 2.68. The number of carbonyl (C=O) groups is 2. The first-order valence-corrected chi connectivity index (χ1v) is 9.00. The lowest BCUT2D eigenvalue weighted by Gasteiger charge is -2.22. The molecule has 1 aliphatic rings. The maximum absolute atomic E-state index is 12.5. The van der Waals surface area contributed by atoms with Gasteiger partial charge in [-0.2, -0.15) is 0 Å². The molecular formula is C18H29N5O2. The minimum absolute atomic E-state index is 0.0358. The summed E-state index contributed by atoms with van der Waals surface area (Å²) in [6, 6.07) is 1.72. The van der Waals surface area contributed by atoms with Crippen LogP contribution in [0.4, 0.5) is 5.95 Å². The maximum Gasteiger partial charge on any atom is 0.270 e. The third-order valence-corrected chi connectivity index (χ3v) is 4.35. The highest BCUT2D eigenvalue weighted by molar-refractivity contribution is 5.95. The van der Waals surface area contributed by atoms with Crippen LogP contribution < -0.4 is 10.2 Å².